The molecule has 4 aromatic rings. The number of carbonyl (C=O) groups excluding carboxylic acids is 2. The Morgan fingerprint density at radius 1 is 0.912 bits per heavy atom. The summed E-state index contributed by atoms with van der Waals surface area (Å²) < 4.78 is 0.836. The van der Waals surface area contributed by atoms with Crippen molar-refractivity contribution in [2.24, 2.45) is 0 Å². The molecule has 8 nitrogen and oxygen atoms in total. The molecule has 2 amide bonds. The number of H-pyrrole nitrogens is 1. The van der Waals surface area contributed by atoms with Crippen LogP contribution in [0.2, 0.25) is 0 Å². The van der Waals surface area contributed by atoms with E-state index in [0.29, 0.717) is 16.6 Å². The number of hydrogen-bond donors (Lipinski definition) is 2. The van der Waals surface area contributed by atoms with E-state index >= 15 is 0 Å². The summed E-state index contributed by atoms with van der Waals surface area (Å²) in [5, 5.41) is 3.03. The van der Waals surface area contributed by atoms with E-state index in [1.807, 2.05) is 48.5 Å². The molecule has 0 bridgehead atoms. The summed E-state index contributed by atoms with van der Waals surface area (Å²) in [5.41, 5.74) is 0.689. The summed E-state index contributed by atoms with van der Waals surface area (Å²) in [6.07, 6.45) is 0.256. The lowest BCUT2D eigenvalue weighted by Crippen LogP contribution is -2.51. The van der Waals surface area contributed by atoms with Crippen molar-refractivity contribution in [1.82, 2.24) is 14.9 Å². The maximum Gasteiger partial charge on any atom is 0.329 e. The zero-order chi connectivity index (χ0) is 24.1. The SMILES string of the molecule is CN(C(=O)[C@H](Cc1ccccc1)NC(=O)Cn1c(=O)[nH]c2ccccc2c1=O)c1ccccc1. The molecule has 0 saturated heterocycles. The van der Waals surface area contributed by atoms with E-state index in [1.165, 1.54) is 4.90 Å². The summed E-state index contributed by atoms with van der Waals surface area (Å²) in [4.78, 5) is 55.6. The zero-order valence-corrected chi connectivity index (χ0v) is 18.6. The molecule has 8 heteroatoms. The van der Waals surface area contributed by atoms with E-state index in [1.54, 1.807) is 43.4 Å². The molecule has 0 aliphatic carbocycles. The second-order valence-corrected chi connectivity index (χ2v) is 7.91. The van der Waals surface area contributed by atoms with Crippen molar-refractivity contribution in [2.45, 2.75) is 19.0 Å². The van der Waals surface area contributed by atoms with E-state index in [-0.39, 0.29) is 12.3 Å². The van der Waals surface area contributed by atoms with Gasteiger partial charge in [-0.2, -0.15) is 0 Å². The Labute approximate surface area is 195 Å². The Kier molecular flexibility index (Phi) is 6.68. The molecular weight excluding hydrogens is 432 g/mol. The highest BCUT2D eigenvalue weighted by Crippen LogP contribution is 2.14. The normalized spacial score (nSPS) is 11.7. The van der Waals surface area contributed by atoms with Crippen LogP contribution in [0.4, 0.5) is 5.69 Å². The summed E-state index contributed by atoms with van der Waals surface area (Å²) >= 11 is 0. The van der Waals surface area contributed by atoms with E-state index in [0.717, 1.165) is 10.1 Å². The van der Waals surface area contributed by atoms with E-state index in [9.17, 15) is 19.2 Å². The number of para-hydroxylation sites is 2. The third kappa shape index (κ3) is 4.96. The topological polar surface area (TPSA) is 104 Å². The van der Waals surface area contributed by atoms with Gasteiger partial charge in [0, 0.05) is 19.2 Å². The fourth-order valence-electron chi connectivity index (χ4n) is 3.79. The Morgan fingerprint density at radius 2 is 1.53 bits per heavy atom. The molecule has 34 heavy (non-hydrogen) atoms. The van der Waals surface area contributed by atoms with E-state index in [4.69, 9.17) is 0 Å². The van der Waals surface area contributed by atoms with Gasteiger partial charge < -0.3 is 15.2 Å². The monoisotopic (exact) mass is 456 g/mol. The zero-order valence-electron chi connectivity index (χ0n) is 18.6. The van der Waals surface area contributed by atoms with Gasteiger partial charge in [-0.15, -0.1) is 0 Å². The average molecular weight is 457 g/mol. The highest BCUT2D eigenvalue weighted by molar-refractivity contribution is 5.99. The van der Waals surface area contributed by atoms with Crippen molar-refractivity contribution in [3.05, 3.63) is 111 Å². The van der Waals surface area contributed by atoms with Gasteiger partial charge in [0.05, 0.1) is 10.9 Å². The van der Waals surface area contributed by atoms with Crippen molar-refractivity contribution >= 4 is 28.4 Å². The number of amides is 2. The molecule has 1 heterocycles. The number of aromatic nitrogens is 2. The molecule has 3 aromatic carbocycles. The fraction of sp³-hybridized carbons (Fsp3) is 0.154. The minimum absolute atomic E-state index is 0.256. The van der Waals surface area contributed by atoms with Crippen LogP contribution in [0.25, 0.3) is 10.9 Å². The van der Waals surface area contributed by atoms with Crippen LogP contribution in [0, 0.1) is 0 Å². The number of hydrogen-bond acceptors (Lipinski definition) is 4. The van der Waals surface area contributed by atoms with E-state index < -0.39 is 29.7 Å². The van der Waals surface area contributed by atoms with Gasteiger partial charge in [-0.1, -0.05) is 60.7 Å². The second-order valence-electron chi connectivity index (χ2n) is 7.91. The van der Waals surface area contributed by atoms with Crippen molar-refractivity contribution in [1.29, 1.82) is 0 Å². The van der Waals surface area contributed by atoms with E-state index in [2.05, 4.69) is 10.3 Å². The van der Waals surface area contributed by atoms with Gasteiger partial charge in [0.25, 0.3) is 5.56 Å². The maximum atomic E-state index is 13.3. The standard InChI is InChI=1S/C26H24N4O4/c1-29(19-12-6-3-7-13-19)25(33)22(16-18-10-4-2-5-11-18)27-23(31)17-30-24(32)20-14-8-9-15-21(20)28-26(30)34/h2-15,22H,16-17H2,1H3,(H,27,31)(H,28,34)/t22-/m0/s1. The molecule has 2 N–H and O–H groups in total. The Morgan fingerprint density at radius 3 is 2.24 bits per heavy atom. The van der Waals surface area contributed by atoms with Gasteiger partial charge in [-0.3, -0.25) is 19.0 Å². The number of likely N-dealkylation sites (N-methyl/N-ethyl adjacent to an activating group) is 1. The van der Waals surface area contributed by atoms with Crippen molar-refractivity contribution in [2.75, 3.05) is 11.9 Å². The number of rotatable bonds is 7. The van der Waals surface area contributed by atoms with Crippen LogP contribution in [0.15, 0.2) is 94.5 Å². The quantitative estimate of drug-likeness (QED) is 0.444. The van der Waals surface area contributed by atoms with Crippen LogP contribution in [-0.2, 0) is 22.6 Å². The van der Waals surface area contributed by atoms with Gasteiger partial charge in [0.2, 0.25) is 11.8 Å². The lowest BCUT2D eigenvalue weighted by Gasteiger charge is -2.25. The molecular formula is C26H24N4O4. The summed E-state index contributed by atoms with van der Waals surface area (Å²) in [5.74, 6) is -0.929. The highest BCUT2D eigenvalue weighted by Gasteiger charge is 2.26. The largest absolute Gasteiger partial charge is 0.342 e. The molecule has 0 radical (unpaired) electrons. The van der Waals surface area contributed by atoms with Gasteiger partial charge in [-0.05, 0) is 29.8 Å². The van der Waals surface area contributed by atoms with Gasteiger partial charge in [-0.25, -0.2) is 4.79 Å². The van der Waals surface area contributed by atoms with Crippen molar-refractivity contribution < 1.29 is 9.59 Å². The molecule has 4 rings (SSSR count). The first-order valence-electron chi connectivity index (χ1n) is 10.8. The number of carbonyl (C=O) groups is 2. The summed E-state index contributed by atoms with van der Waals surface area (Å²) in [7, 11) is 1.64. The van der Waals surface area contributed by atoms with Gasteiger partial charge in [0.1, 0.15) is 12.6 Å². The van der Waals surface area contributed by atoms with Crippen LogP contribution in [0.3, 0.4) is 0 Å². The summed E-state index contributed by atoms with van der Waals surface area (Å²) in [6, 6.07) is 24.1. The number of anilines is 1. The number of nitrogens with one attached hydrogen (secondary N) is 2. The Bertz CT molecular complexity index is 1430. The molecule has 0 aliphatic rings. The Hall–Kier alpha value is -4.46. The Balaban J connectivity index is 1.59. The van der Waals surface area contributed by atoms with Crippen molar-refractivity contribution in [3.8, 4) is 0 Å². The molecule has 1 atom stereocenters. The average Bonchev–Trinajstić information content (AvgIpc) is 2.86. The smallest absolute Gasteiger partial charge is 0.329 e. The van der Waals surface area contributed by atoms with Gasteiger partial charge >= 0.3 is 5.69 Å². The van der Waals surface area contributed by atoms with Crippen LogP contribution >= 0.6 is 0 Å². The third-order valence-electron chi connectivity index (χ3n) is 5.58. The highest BCUT2D eigenvalue weighted by atomic mass is 16.2. The number of fused-ring (bicyclic) bond motifs is 1. The first-order valence-corrected chi connectivity index (χ1v) is 10.8. The fourth-order valence-corrected chi connectivity index (χ4v) is 3.79. The predicted octanol–water partition coefficient (Wildman–Crippen LogP) is 2.08. The minimum atomic E-state index is -0.893. The molecule has 1 aromatic heterocycles. The number of benzene rings is 3. The predicted molar refractivity (Wildman–Crippen MR) is 131 cm³/mol. The van der Waals surface area contributed by atoms with Crippen LogP contribution in [0.1, 0.15) is 5.56 Å². The number of aromatic amines is 1. The maximum absolute atomic E-state index is 13.3. The first-order chi connectivity index (χ1) is 16.4. The molecule has 0 fully saturated rings. The lowest BCUT2D eigenvalue weighted by molar-refractivity contribution is -0.127. The minimum Gasteiger partial charge on any atom is -0.342 e. The molecule has 0 unspecified atom stereocenters. The molecule has 0 spiro atoms. The second kappa shape index (κ2) is 9.99. The molecule has 0 saturated carbocycles. The van der Waals surface area contributed by atoms with Crippen LogP contribution in [0.5, 0.6) is 0 Å². The van der Waals surface area contributed by atoms with Crippen LogP contribution in [-0.4, -0.2) is 34.5 Å². The lowest BCUT2D eigenvalue weighted by atomic mass is 10.0. The van der Waals surface area contributed by atoms with Crippen LogP contribution < -0.4 is 21.5 Å². The molecule has 0 aliphatic heterocycles. The van der Waals surface area contributed by atoms with Crippen molar-refractivity contribution in [3.63, 3.8) is 0 Å². The molecule has 172 valence electrons. The number of nitrogens with zero attached hydrogens (tertiary/aromatic N) is 2. The van der Waals surface area contributed by atoms with Gasteiger partial charge in [0.15, 0.2) is 0 Å². The third-order valence-corrected chi connectivity index (χ3v) is 5.58. The first kappa shape index (κ1) is 22.7. The summed E-state index contributed by atoms with van der Waals surface area (Å²) in [6.45, 7) is -0.507.